The van der Waals surface area contributed by atoms with Crippen molar-refractivity contribution >= 4 is 34.8 Å². The van der Waals surface area contributed by atoms with E-state index >= 15 is 0 Å². The lowest BCUT2D eigenvalue weighted by Gasteiger charge is -2.09. The van der Waals surface area contributed by atoms with Crippen molar-refractivity contribution in [3.05, 3.63) is 92.9 Å². The molecule has 0 bridgehead atoms. The summed E-state index contributed by atoms with van der Waals surface area (Å²) < 4.78 is 5.86. The molecule has 0 atom stereocenters. The molecule has 0 fully saturated rings. The lowest BCUT2D eigenvalue weighted by Crippen LogP contribution is -2.16. The van der Waals surface area contributed by atoms with Gasteiger partial charge in [0, 0.05) is 17.6 Å². The number of ether oxygens (including phenoxy) is 1. The van der Waals surface area contributed by atoms with E-state index in [0.717, 1.165) is 35.8 Å². The predicted molar refractivity (Wildman–Crippen MR) is 110 cm³/mol. The highest BCUT2D eigenvalue weighted by Crippen LogP contribution is 2.29. The van der Waals surface area contributed by atoms with Crippen LogP contribution in [0.2, 0.25) is 15.1 Å². The summed E-state index contributed by atoms with van der Waals surface area (Å²) >= 11 is 18.0. The predicted octanol–water partition coefficient (Wildman–Crippen LogP) is 6.77. The van der Waals surface area contributed by atoms with Gasteiger partial charge in [-0.05, 0) is 60.5 Å². The van der Waals surface area contributed by atoms with Crippen LogP contribution in [0.1, 0.15) is 11.1 Å². The summed E-state index contributed by atoms with van der Waals surface area (Å²) in [7, 11) is 0. The van der Waals surface area contributed by atoms with E-state index in [1.165, 1.54) is 5.56 Å². The third-order valence-electron chi connectivity index (χ3n) is 3.83. The summed E-state index contributed by atoms with van der Waals surface area (Å²) in [6, 6.07) is 21.1. The van der Waals surface area contributed by atoms with E-state index in [2.05, 4.69) is 17.4 Å². The van der Waals surface area contributed by atoms with Gasteiger partial charge in [0.1, 0.15) is 11.5 Å². The fourth-order valence-corrected chi connectivity index (χ4v) is 3.05. The zero-order chi connectivity index (χ0) is 18.4. The largest absolute Gasteiger partial charge is 0.457 e. The first-order chi connectivity index (χ1) is 12.6. The van der Waals surface area contributed by atoms with E-state index in [0.29, 0.717) is 15.8 Å². The smallest absolute Gasteiger partial charge is 0.129 e. The second-order valence-electron chi connectivity index (χ2n) is 5.88. The number of halogens is 3. The summed E-state index contributed by atoms with van der Waals surface area (Å²) in [6.45, 7) is 1.64. The van der Waals surface area contributed by atoms with Crippen molar-refractivity contribution in [2.24, 2.45) is 0 Å². The number of nitrogens with one attached hydrogen (secondary N) is 1. The Balaban J connectivity index is 1.53. The molecule has 0 aliphatic carbocycles. The molecule has 5 heteroatoms. The summed E-state index contributed by atoms with van der Waals surface area (Å²) in [5.74, 6) is 1.42. The molecule has 0 aliphatic rings. The molecule has 0 aromatic heterocycles. The van der Waals surface area contributed by atoms with Gasteiger partial charge in [0.05, 0.1) is 10.0 Å². The van der Waals surface area contributed by atoms with Crippen molar-refractivity contribution in [2.75, 3.05) is 6.54 Å². The molecule has 2 nitrogen and oxygen atoms in total. The summed E-state index contributed by atoms with van der Waals surface area (Å²) in [5.41, 5.74) is 2.37. The summed E-state index contributed by atoms with van der Waals surface area (Å²) in [5, 5.41) is 5.20. The van der Waals surface area contributed by atoms with Crippen LogP contribution < -0.4 is 10.1 Å². The molecule has 0 heterocycles. The first-order valence-electron chi connectivity index (χ1n) is 8.27. The van der Waals surface area contributed by atoms with Crippen molar-refractivity contribution in [2.45, 2.75) is 13.0 Å². The van der Waals surface area contributed by atoms with Crippen LogP contribution in [0, 0.1) is 0 Å². The minimum Gasteiger partial charge on any atom is -0.457 e. The second kappa shape index (κ2) is 9.29. The van der Waals surface area contributed by atoms with E-state index < -0.39 is 0 Å². The maximum atomic E-state index is 6.03. The molecular weight excluding hydrogens is 389 g/mol. The molecule has 1 N–H and O–H groups in total. The molecule has 0 amide bonds. The van der Waals surface area contributed by atoms with Crippen LogP contribution in [0.25, 0.3) is 0 Å². The molecule has 0 aliphatic heterocycles. The van der Waals surface area contributed by atoms with Crippen LogP contribution >= 0.6 is 34.8 Å². The number of hydrogen-bond acceptors (Lipinski definition) is 2. The van der Waals surface area contributed by atoms with Crippen LogP contribution in [-0.2, 0) is 13.0 Å². The van der Waals surface area contributed by atoms with Crippen molar-refractivity contribution in [3.63, 3.8) is 0 Å². The third kappa shape index (κ3) is 5.65. The Hall–Kier alpha value is -1.71. The molecule has 0 saturated heterocycles. The van der Waals surface area contributed by atoms with Gasteiger partial charge in [0.2, 0.25) is 0 Å². The standard InChI is InChI=1S/C21H18Cl3NO/c22-17-5-1-3-15(11-17)9-10-25-14-16-4-2-6-18(12-16)26-19-7-8-20(23)21(24)13-19/h1-8,11-13,25H,9-10,14H2. The zero-order valence-corrected chi connectivity index (χ0v) is 16.3. The molecule has 3 aromatic rings. The monoisotopic (exact) mass is 405 g/mol. The normalized spacial score (nSPS) is 10.7. The summed E-state index contributed by atoms with van der Waals surface area (Å²) in [6.07, 6.45) is 0.931. The van der Waals surface area contributed by atoms with Crippen LogP contribution in [-0.4, -0.2) is 6.54 Å². The maximum absolute atomic E-state index is 6.03. The molecule has 0 unspecified atom stereocenters. The first kappa shape index (κ1) is 19.1. The average Bonchev–Trinajstić information content (AvgIpc) is 2.62. The molecule has 0 spiro atoms. The fourth-order valence-electron chi connectivity index (χ4n) is 2.55. The van der Waals surface area contributed by atoms with Crippen LogP contribution in [0.3, 0.4) is 0 Å². The Labute approximate surface area is 168 Å². The molecule has 134 valence electrons. The highest BCUT2D eigenvalue weighted by Gasteiger charge is 2.03. The lowest BCUT2D eigenvalue weighted by molar-refractivity contribution is 0.481. The molecule has 3 aromatic carbocycles. The maximum Gasteiger partial charge on any atom is 0.129 e. The van der Waals surface area contributed by atoms with Gasteiger partial charge in [0.25, 0.3) is 0 Å². The highest BCUT2D eigenvalue weighted by atomic mass is 35.5. The highest BCUT2D eigenvalue weighted by molar-refractivity contribution is 6.42. The minimum absolute atomic E-state index is 0.475. The van der Waals surface area contributed by atoms with Gasteiger partial charge in [-0.1, -0.05) is 59.1 Å². The molecule has 0 saturated carbocycles. The van der Waals surface area contributed by atoms with Crippen molar-refractivity contribution in [1.82, 2.24) is 5.32 Å². The molecule has 26 heavy (non-hydrogen) atoms. The summed E-state index contributed by atoms with van der Waals surface area (Å²) in [4.78, 5) is 0. The Morgan fingerprint density at radius 3 is 2.31 bits per heavy atom. The number of rotatable bonds is 7. The Kier molecular flexibility index (Phi) is 6.81. The van der Waals surface area contributed by atoms with E-state index in [1.807, 2.05) is 36.4 Å². The van der Waals surface area contributed by atoms with E-state index in [-0.39, 0.29) is 0 Å². The van der Waals surface area contributed by atoms with Crippen molar-refractivity contribution in [1.29, 1.82) is 0 Å². The van der Waals surface area contributed by atoms with Gasteiger partial charge in [0.15, 0.2) is 0 Å². The quantitative estimate of drug-likeness (QED) is 0.437. The SMILES string of the molecule is Clc1cccc(CCNCc2cccc(Oc3ccc(Cl)c(Cl)c3)c2)c1. The fraction of sp³-hybridized carbons (Fsp3) is 0.143. The van der Waals surface area contributed by atoms with Crippen molar-refractivity contribution in [3.8, 4) is 11.5 Å². The van der Waals surface area contributed by atoms with E-state index in [1.54, 1.807) is 18.2 Å². The van der Waals surface area contributed by atoms with Gasteiger partial charge in [-0.3, -0.25) is 0 Å². The third-order valence-corrected chi connectivity index (χ3v) is 4.81. The number of benzene rings is 3. The zero-order valence-electron chi connectivity index (χ0n) is 14.0. The lowest BCUT2D eigenvalue weighted by atomic mass is 10.1. The first-order valence-corrected chi connectivity index (χ1v) is 9.40. The van der Waals surface area contributed by atoms with Gasteiger partial charge < -0.3 is 10.1 Å². The van der Waals surface area contributed by atoms with Crippen LogP contribution in [0.5, 0.6) is 11.5 Å². The van der Waals surface area contributed by atoms with Gasteiger partial charge in [-0.25, -0.2) is 0 Å². The van der Waals surface area contributed by atoms with Crippen molar-refractivity contribution < 1.29 is 4.74 Å². The molecular formula is C21H18Cl3NO. The van der Waals surface area contributed by atoms with Gasteiger partial charge in [-0.2, -0.15) is 0 Å². The Morgan fingerprint density at radius 2 is 1.50 bits per heavy atom. The minimum atomic E-state index is 0.475. The average molecular weight is 407 g/mol. The number of hydrogen-bond donors (Lipinski definition) is 1. The van der Waals surface area contributed by atoms with Crippen LogP contribution in [0.15, 0.2) is 66.7 Å². The Morgan fingerprint density at radius 1 is 0.731 bits per heavy atom. The molecule has 0 radical (unpaired) electrons. The topological polar surface area (TPSA) is 21.3 Å². The Bertz CT molecular complexity index is 883. The van der Waals surface area contributed by atoms with Gasteiger partial charge in [-0.15, -0.1) is 0 Å². The molecule has 3 rings (SSSR count). The second-order valence-corrected chi connectivity index (χ2v) is 7.13. The van der Waals surface area contributed by atoms with E-state index in [4.69, 9.17) is 39.5 Å². The van der Waals surface area contributed by atoms with Gasteiger partial charge >= 0.3 is 0 Å². The van der Waals surface area contributed by atoms with E-state index in [9.17, 15) is 0 Å². The van der Waals surface area contributed by atoms with Crippen LogP contribution in [0.4, 0.5) is 0 Å².